The number of benzene rings is 1. The van der Waals surface area contributed by atoms with Gasteiger partial charge in [0.15, 0.2) is 5.75 Å². The van der Waals surface area contributed by atoms with Crippen molar-refractivity contribution in [1.29, 1.82) is 5.26 Å². The van der Waals surface area contributed by atoms with Crippen LogP contribution in [-0.2, 0) is 4.79 Å². The average Bonchev–Trinajstić information content (AvgIpc) is 3.04. The van der Waals surface area contributed by atoms with Crippen molar-refractivity contribution in [2.24, 2.45) is 0 Å². The van der Waals surface area contributed by atoms with Crippen LogP contribution >= 0.6 is 0 Å². The molecule has 1 aliphatic rings. The van der Waals surface area contributed by atoms with Crippen molar-refractivity contribution in [3.05, 3.63) is 41.7 Å². The van der Waals surface area contributed by atoms with Gasteiger partial charge in [0, 0.05) is 25.9 Å². The number of ether oxygens (including phenoxy) is 1. The number of aromatic amines is 1. The van der Waals surface area contributed by atoms with Gasteiger partial charge in [0.25, 0.3) is 0 Å². The first-order valence-electron chi connectivity index (χ1n) is 7.64. The van der Waals surface area contributed by atoms with E-state index in [0.29, 0.717) is 23.6 Å². The van der Waals surface area contributed by atoms with Crippen molar-refractivity contribution in [3.8, 4) is 17.6 Å². The third-order valence-electron chi connectivity index (χ3n) is 4.12. The first-order chi connectivity index (χ1) is 11.2. The normalized spacial score (nSPS) is 17.6. The molecule has 0 saturated carbocycles. The van der Waals surface area contributed by atoms with Crippen molar-refractivity contribution in [2.75, 3.05) is 13.1 Å². The second-order valence-electron chi connectivity index (χ2n) is 5.69. The molecule has 2 heterocycles. The van der Waals surface area contributed by atoms with Gasteiger partial charge < -0.3 is 9.64 Å². The summed E-state index contributed by atoms with van der Waals surface area (Å²) in [5, 5.41) is 15.9. The zero-order valence-corrected chi connectivity index (χ0v) is 13.0. The monoisotopic (exact) mass is 310 g/mol. The molecule has 1 N–H and O–H groups in total. The topological polar surface area (TPSA) is 82.0 Å². The predicted molar refractivity (Wildman–Crippen MR) is 84.0 cm³/mol. The molecule has 0 aliphatic carbocycles. The van der Waals surface area contributed by atoms with Crippen LogP contribution in [0.15, 0.2) is 30.5 Å². The lowest BCUT2D eigenvalue weighted by molar-refractivity contribution is -0.130. The van der Waals surface area contributed by atoms with E-state index >= 15 is 0 Å². The highest BCUT2D eigenvalue weighted by molar-refractivity contribution is 5.73. The largest absolute Gasteiger partial charge is 0.454 e. The van der Waals surface area contributed by atoms with Crippen LogP contribution in [0, 0.1) is 11.3 Å². The van der Waals surface area contributed by atoms with E-state index in [1.807, 2.05) is 4.90 Å². The lowest BCUT2D eigenvalue weighted by atomic mass is 9.94. The molecule has 1 aromatic carbocycles. The van der Waals surface area contributed by atoms with E-state index in [0.717, 1.165) is 25.1 Å². The lowest BCUT2D eigenvalue weighted by Crippen LogP contribution is -2.37. The molecule has 3 rings (SSSR count). The Hall–Kier alpha value is -2.81. The molecule has 1 fully saturated rings. The van der Waals surface area contributed by atoms with Crippen LogP contribution in [0.4, 0.5) is 0 Å². The molecule has 6 heteroatoms. The summed E-state index contributed by atoms with van der Waals surface area (Å²) in [6.07, 6.45) is 3.62. The molecule has 118 valence electrons. The Kier molecular flexibility index (Phi) is 4.29. The molecular formula is C17H18N4O2. The number of rotatable bonds is 3. The number of nitriles is 1. The summed E-state index contributed by atoms with van der Waals surface area (Å²) in [5.41, 5.74) is 1.51. The van der Waals surface area contributed by atoms with Gasteiger partial charge >= 0.3 is 0 Å². The minimum Gasteiger partial charge on any atom is -0.454 e. The SMILES string of the molecule is CC(=O)N1CCC[C@@H](c2[nH]ncc2Oc2ccc(C#N)cc2)C1. The molecule has 0 unspecified atom stereocenters. The van der Waals surface area contributed by atoms with Crippen molar-refractivity contribution in [3.63, 3.8) is 0 Å². The van der Waals surface area contributed by atoms with Crippen molar-refractivity contribution < 1.29 is 9.53 Å². The highest BCUT2D eigenvalue weighted by Gasteiger charge is 2.26. The van der Waals surface area contributed by atoms with Crippen LogP contribution in [0.1, 0.15) is 36.9 Å². The van der Waals surface area contributed by atoms with E-state index in [2.05, 4.69) is 16.3 Å². The molecule has 6 nitrogen and oxygen atoms in total. The summed E-state index contributed by atoms with van der Waals surface area (Å²) in [7, 11) is 0. The molecule has 1 amide bonds. The van der Waals surface area contributed by atoms with E-state index in [1.165, 1.54) is 0 Å². The summed E-state index contributed by atoms with van der Waals surface area (Å²) < 4.78 is 5.89. The van der Waals surface area contributed by atoms with Gasteiger partial charge in [-0.05, 0) is 37.1 Å². The number of amides is 1. The van der Waals surface area contributed by atoms with Crippen molar-refractivity contribution >= 4 is 5.91 Å². The smallest absolute Gasteiger partial charge is 0.219 e. The molecule has 0 spiro atoms. The van der Waals surface area contributed by atoms with Gasteiger partial charge in [-0.25, -0.2) is 0 Å². The number of hydrogen-bond acceptors (Lipinski definition) is 4. The van der Waals surface area contributed by atoms with Gasteiger partial charge in [0.1, 0.15) is 5.75 Å². The molecule has 0 radical (unpaired) electrons. The third kappa shape index (κ3) is 3.34. The Labute approximate surface area is 134 Å². The minimum atomic E-state index is 0.101. The Morgan fingerprint density at radius 2 is 2.22 bits per heavy atom. The summed E-state index contributed by atoms with van der Waals surface area (Å²) in [6, 6.07) is 9.03. The fraction of sp³-hybridized carbons (Fsp3) is 0.353. The van der Waals surface area contributed by atoms with Gasteiger partial charge in [0.05, 0.1) is 23.5 Å². The van der Waals surface area contributed by atoms with Gasteiger partial charge in [-0.15, -0.1) is 0 Å². The highest BCUT2D eigenvalue weighted by atomic mass is 16.5. The number of nitrogens with zero attached hydrogens (tertiary/aromatic N) is 3. The molecule has 1 saturated heterocycles. The van der Waals surface area contributed by atoms with Crippen LogP contribution in [0.3, 0.4) is 0 Å². The molecule has 1 aliphatic heterocycles. The number of hydrogen-bond donors (Lipinski definition) is 1. The maximum absolute atomic E-state index is 11.6. The number of nitrogens with one attached hydrogen (secondary N) is 1. The van der Waals surface area contributed by atoms with E-state index in [9.17, 15) is 4.79 Å². The fourth-order valence-corrected chi connectivity index (χ4v) is 2.88. The van der Waals surface area contributed by atoms with E-state index in [4.69, 9.17) is 10.00 Å². The summed E-state index contributed by atoms with van der Waals surface area (Å²) in [5.74, 6) is 1.63. The molecule has 2 aromatic rings. The van der Waals surface area contributed by atoms with E-state index < -0.39 is 0 Å². The van der Waals surface area contributed by atoms with Crippen LogP contribution in [0.2, 0.25) is 0 Å². The zero-order valence-electron chi connectivity index (χ0n) is 13.0. The lowest BCUT2D eigenvalue weighted by Gasteiger charge is -2.31. The quantitative estimate of drug-likeness (QED) is 0.945. The van der Waals surface area contributed by atoms with Crippen LogP contribution < -0.4 is 4.74 Å². The second kappa shape index (κ2) is 6.53. The van der Waals surface area contributed by atoms with Gasteiger partial charge in [0.2, 0.25) is 5.91 Å². The molecule has 23 heavy (non-hydrogen) atoms. The van der Waals surface area contributed by atoms with Crippen molar-refractivity contribution in [1.82, 2.24) is 15.1 Å². The maximum atomic E-state index is 11.6. The zero-order chi connectivity index (χ0) is 16.2. The Bertz CT molecular complexity index is 730. The van der Waals surface area contributed by atoms with Crippen LogP contribution in [-0.4, -0.2) is 34.1 Å². The number of likely N-dealkylation sites (tertiary alicyclic amines) is 1. The highest BCUT2D eigenvalue weighted by Crippen LogP contribution is 2.34. The minimum absolute atomic E-state index is 0.101. The summed E-state index contributed by atoms with van der Waals surface area (Å²) >= 11 is 0. The number of carbonyl (C=O) groups excluding carboxylic acids is 1. The number of H-pyrrole nitrogens is 1. The summed E-state index contributed by atoms with van der Waals surface area (Å²) in [6.45, 7) is 3.09. The van der Waals surface area contributed by atoms with Crippen LogP contribution in [0.25, 0.3) is 0 Å². The predicted octanol–water partition coefficient (Wildman–Crippen LogP) is 2.80. The standard InChI is InChI=1S/C17H18N4O2/c1-12(22)21-8-2-3-14(11-21)17-16(10-19-20-17)23-15-6-4-13(9-18)5-7-15/h4-7,10,14H,2-3,8,11H2,1H3,(H,19,20)/t14-/m1/s1. The Morgan fingerprint density at radius 3 is 2.91 bits per heavy atom. The van der Waals surface area contributed by atoms with E-state index in [-0.39, 0.29) is 11.8 Å². The number of piperidine rings is 1. The second-order valence-corrected chi connectivity index (χ2v) is 5.69. The van der Waals surface area contributed by atoms with Gasteiger partial charge in [-0.2, -0.15) is 10.4 Å². The number of carbonyl (C=O) groups is 1. The first-order valence-corrected chi connectivity index (χ1v) is 7.64. The maximum Gasteiger partial charge on any atom is 0.219 e. The van der Waals surface area contributed by atoms with E-state index in [1.54, 1.807) is 37.4 Å². The molecule has 1 atom stereocenters. The van der Waals surface area contributed by atoms with Crippen LogP contribution in [0.5, 0.6) is 11.5 Å². The fourth-order valence-electron chi connectivity index (χ4n) is 2.88. The first kappa shape index (κ1) is 15.1. The Morgan fingerprint density at radius 1 is 1.43 bits per heavy atom. The van der Waals surface area contributed by atoms with Crippen molar-refractivity contribution in [2.45, 2.75) is 25.7 Å². The Balaban J connectivity index is 1.76. The molecular weight excluding hydrogens is 292 g/mol. The average molecular weight is 310 g/mol. The molecule has 1 aromatic heterocycles. The third-order valence-corrected chi connectivity index (χ3v) is 4.12. The number of aromatic nitrogens is 2. The summed E-state index contributed by atoms with van der Waals surface area (Å²) in [4.78, 5) is 13.5. The van der Waals surface area contributed by atoms with Gasteiger partial charge in [-0.1, -0.05) is 0 Å². The molecule has 0 bridgehead atoms. The van der Waals surface area contributed by atoms with Gasteiger partial charge in [-0.3, -0.25) is 9.89 Å².